The van der Waals surface area contributed by atoms with Crippen molar-refractivity contribution in [1.29, 1.82) is 0 Å². The van der Waals surface area contributed by atoms with Crippen molar-refractivity contribution >= 4 is 38.2 Å². The first-order valence-corrected chi connectivity index (χ1v) is 12.2. The van der Waals surface area contributed by atoms with Crippen molar-refractivity contribution in [2.45, 2.75) is 31.6 Å². The molecule has 0 N–H and O–H groups in total. The maximum absolute atomic E-state index is 12.9. The molecular formula is C23H25ClN2O3S. The minimum Gasteiger partial charge on any atom is -0.344 e. The average molecular weight is 445 g/mol. The van der Waals surface area contributed by atoms with Gasteiger partial charge in [0.1, 0.15) is 0 Å². The molecule has 4 rings (SSSR count). The van der Waals surface area contributed by atoms with Crippen LogP contribution in [-0.4, -0.2) is 42.6 Å². The van der Waals surface area contributed by atoms with Crippen molar-refractivity contribution in [2.75, 3.05) is 18.8 Å². The number of carbonyl (C=O) groups is 1. The fraction of sp³-hybridized carbons (Fsp3) is 0.348. The van der Waals surface area contributed by atoms with E-state index in [9.17, 15) is 13.2 Å². The van der Waals surface area contributed by atoms with Crippen LogP contribution in [0.4, 0.5) is 0 Å². The lowest BCUT2D eigenvalue weighted by molar-refractivity contribution is -0.131. The van der Waals surface area contributed by atoms with Gasteiger partial charge in [-0.1, -0.05) is 48.0 Å². The summed E-state index contributed by atoms with van der Waals surface area (Å²) < 4.78 is 27.9. The Hall–Kier alpha value is -2.31. The molecule has 2 aromatic carbocycles. The first-order chi connectivity index (χ1) is 14.4. The third kappa shape index (κ3) is 4.12. The first-order valence-electron chi connectivity index (χ1n) is 10.2. The number of benzene rings is 2. The Kier molecular flexibility index (Phi) is 5.89. The van der Waals surface area contributed by atoms with Crippen molar-refractivity contribution in [3.05, 3.63) is 70.9 Å². The smallest absolute Gasteiger partial charge is 0.224 e. The van der Waals surface area contributed by atoms with Gasteiger partial charge in [-0.15, -0.1) is 0 Å². The molecule has 0 spiro atoms. The molecule has 2 heterocycles. The molecule has 30 heavy (non-hydrogen) atoms. The van der Waals surface area contributed by atoms with Crippen LogP contribution in [0.2, 0.25) is 5.02 Å². The Morgan fingerprint density at radius 1 is 1.10 bits per heavy atom. The number of sulfone groups is 1. The molecule has 1 saturated heterocycles. The molecule has 0 bridgehead atoms. The van der Waals surface area contributed by atoms with Gasteiger partial charge in [-0.2, -0.15) is 0 Å². The van der Waals surface area contributed by atoms with E-state index in [0.717, 1.165) is 16.6 Å². The lowest BCUT2D eigenvalue weighted by Crippen LogP contribution is -2.34. The number of hydrogen-bond acceptors (Lipinski definition) is 3. The Morgan fingerprint density at radius 2 is 1.83 bits per heavy atom. The van der Waals surface area contributed by atoms with E-state index < -0.39 is 15.1 Å². The van der Waals surface area contributed by atoms with Crippen LogP contribution in [0.15, 0.2) is 54.6 Å². The highest BCUT2D eigenvalue weighted by Gasteiger charge is 2.33. The van der Waals surface area contributed by atoms with Gasteiger partial charge in [-0.25, -0.2) is 8.42 Å². The topological polar surface area (TPSA) is 59.4 Å². The molecule has 3 aromatic rings. The molecule has 0 unspecified atom stereocenters. The second kappa shape index (κ2) is 8.44. The molecule has 1 atom stereocenters. The van der Waals surface area contributed by atoms with Crippen LogP contribution in [0.1, 0.15) is 29.3 Å². The summed E-state index contributed by atoms with van der Waals surface area (Å²) in [6.07, 6.45) is 0.708. The van der Waals surface area contributed by atoms with E-state index in [4.69, 9.17) is 11.6 Å². The van der Waals surface area contributed by atoms with Crippen LogP contribution in [-0.2, 0) is 21.2 Å². The second-order valence-corrected chi connectivity index (χ2v) is 10.5. The summed E-state index contributed by atoms with van der Waals surface area (Å²) in [5, 5.41) is 0.950. The molecule has 158 valence electrons. The van der Waals surface area contributed by atoms with E-state index in [-0.39, 0.29) is 18.2 Å². The van der Waals surface area contributed by atoms with Gasteiger partial charge in [0.15, 0.2) is 9.84 Å². The van der Waals surface area contributed by atoms with E-state index in [2.05, 4.69) is 22.8 Å². The number of para-hydroxylation sites is 1. The molecule has 7 heteroatoms. The molecule has 5 nitrogen and oxygen atoms in total. The van der Waals surface area contributed by atoms with Crippen LogP contribution >= 0.6 is 11.6 Å². The number of rotatable bonds is 4. The summed E-state index contributed by atoms with van der Waals surface area (Å²) in [5.74, 6) is -0.0534. The zero-order valence-electron chi connectivity index (χ0n) is 16.9. The quantitative estimate of drug-likeness (QED) is 0.599. The minimum absolute atomic E-state index is 0.0119. The van der Waals surface area contributed by atoms with E-state index >= 15 is 0 Å². The van der Waals surface area contributed by atoms with Gasteiger partial charge in [-0.05, 0) is 42.5 Å². The van der Waals surface area contributed by atoms with E-state index in [1.165, 1.54) is 0 Å². The Balaban J connectivity index is 1.47. The lowest BCUT2D eigenvalue weighted by Gasteiger charge is -2.21. The maximum Gasteiger partial charge on any atom is 0.224 e. The summed E-state index contributed by atoms with van der Waals surface area (Å²) in [5.41, 5.74) is 2.85. The summed E-state index contributed by atoms with van der Waals surface area (Å²) in [6.45, 7) is 3.26. The Labute approximate surface area is 182 Å². The van der Waals surface area contributed by atoms with Crippen LogP contribution in [0.25, 0.3) is 10.9 Å². The second-order valence-electron chi connectivity index (χ2n) is 7.79. The highest BCUT2D eigenvalue weighted by Crippen LogP contribution is 2.34. The minimum atomic E-state index is -3.38. The van der Waals surface area contributed by atoms with Crippen LogP contribution in [0.5, 0.6) is 0 Å². The molecular weight excluding hydrogens is 420 g/mol. The van der Waals surface area contributed by atoms with Gasteiger partial charge in [0.05, 0.1) is 11.0 Å². The predicted octanol–water partition coefficient (Wildman–Crippen LogP) is 4.38. The molecule has 0 aliphatic carbocycles. The molecule has 1 aliphatic heterocycles. The number of carbonyl (C=O) groups excluding carboxylic acids is 1. The zero-order valence-corrected chi connectivity index (χ0v) is 18.5. The van der Waals surface area contributed by atoms with E-state index in [0.29, 0.717) is 36.5 Å². The number of amides is 1. The maximum atomic E-state index is 12.9. The molecule has 0 radical (unpaired) electrons. The van der Waals surface area contributed by atoms with Gasteiger partial charge < -0.3 is 9.47 Å². The van der Waals surface area contributed by atoms with Crippen molar-refractivity contribution < 1.29 is 13.2 Å². The highest BCUT2D eigenvalue weighted by molar-refractivity contribution is 7.91. The normalized spacial score (nSPS) is 19.0. The molecule has 1 fully saturated rings. The zero-order chi connectivity index (χ0) is 21.3. The highest BCUT2D eigenvalue weighted by atomic mass is 35.5. The summed E-state index contributed by atoms with van der Waals surface area (Å²) in [4.78, 5) is 14.6. The first kappa shape index (κ1) is 20.9. The summed E-state index contributed by atoms with van der Waals surface area (Å²) in [7, 11) is -3.38. The fourth-order valence-corrected chi connectivity index (χ4v) is 6.44. The number of aryl methyl sites for hydroxylation is 2. The monoisotopic (exact) mass is 444 g/mol. The molecule has 1 aromatic heterocycles. The summed E-state index contributed by atoms with van der Waals surface area (Å²) >= 11 is 6.26. The van der Waals surface area contributed by atoms with Crippen molar-refractivity contribution in [2.24, 2.45) is 0 Å². The SMILES string of the molecule is Cc1cc2ccccc2n1CCC(=O)N1CC[C@H](c2ccccc2Cl)S(=O)(=O)CC1. The fourth-order valence-electron chi connectivity index (χ4n) is 4.29. The van der Waals surface area contributed by atoms with E-state index in [1.807, 2.05) is 19.1 Å². The van der Waals surface area contributed by atoms with E-state index in [1.54, 1.807) is 29.2 Å². The van der Waals surface area contributed by atoms with Crippen molar-refractivity contribution in [3.63, 3.8) is 0 Å². The lowest BCUT2D eigenvalue weighted by atomic mass is 10.1. The van der Waals surface area contributed by atoms with Crippen LogP contribution in [0.3, 0.4) is 0 Å². The molecule has 0 saturated carbocycles. The van der Waals surface area contributed by atoms with Gasteiger partial charge in [0, 0.05) is 42.3 Å². The number of hydrogen-bond donors (Lipinski definition) is 0. The third-order valence-electron chi connectivity index (χ3n) is 5.91. The largest absolute Gasteiger partial charge is 0.344 e. The van der Waals surface area contributed by atoms with Gasteiger partial charge in [0.25, 0.3) is 0 Å². The Morgan fingerprint density at radius 3 is 2.63 bits per heavy atom. The Bertz CT molecular complexity index is 1190. The van der Waals surface area contributed by atoms with Crippen molar-refractivity contribution in [3.8, 4) is 0 Å². The summed E-state index contributed by atoms with van der Waals surface area (Å²) in [6, 6.07) is 17.3. The number of aromatic nitrogens is 1. The molecule has 1 amide bonds. The van der Waals surface area contributed by atoms with Crippen LogP contribution < -0.4 is 0 Å². The standard InChI is InChI=1S/C23H25ClN2O3S/c1-17-16-18-6-2-5-9-21(18)26(17)13-11-23(27)25-12-10-22(30(28,29)15-14-25)19-7-3-4-8-20(19)24/h2-9,16,22H,10-15H2,1H3/t22-/m1/s1. The number of nitrogens with zero attached hydrogens (tertiary/aromatic N) is 2. The van der Waals surface area contributed by atoms with Crippen molar-refractivity contribution in [1.82, 2.24) is 9.47 Å². The van der Waals surface area contributed by atoms with Gasteiger partial charge >= 0.3 is 0 Å². The number of halogens is 1. The van der Waals surface area contributed by atoms with Crippen LogP contribution in [0, 0.1) is 6.92 Å². The number of fused-ring (bicyclic) bond motifs is 1. The van der Waals surface area contributed by atoms with Gasteiger partial charge in [0.2, 0.25) is 5.91 Å². The third-order valence-corrected chi connectivity index (χ3v) is 8.36. The predicted molar refractivity (Wildman–Crippen MR) is 120 cm³/mol. The average Bonchev–Trinajstić information content (AvgIpc) is 2.94. The molecule has 1 aliphatic rings. The van der Waals surface area contributed by atoms with Gasteiger partial charge in [-0.3, -0.25) is 4.79 Å².